The lowest BCUT2D eigenvalue weighted by Crippen LogP contribution is -2.24. The fourth-order valence-corrected chi connectivity index (χ4v) is 3.32. The van der Waals surface area contributed by atoms with E-state index in [4.69, 9.17) is 4.74 Å². The number of rotatable bonds is 5. The predicted octanol–water partition coefficient (Wildman–Crippen LogP) is 4.52. The molecular weight excluding hydrogens is 258 g/mol. The minimum absolute atomic E-state index is 0.892. The van der Waals surface area contributed by atoms with Crippen LogP contribution in [0.1, 0.15) is 37.7 Å². The van der Waals surface area contributed by atoms with Crippen LogP contribution in [0.3, 0.4) is 0 Å². The van der Waals surface area contributed by atoms with Crippen LogP contribution in [0, 0.1) is 5.92 Å². The molecule has 0 radical (unpaired) electrons. The third kappa shape index (κ3) is 3.76. The molecule has 1 N–H and O–H groups in total. The van der Waals surface area contributed by atoms with Gasteiger partial charge in [0.15, 0.2) is 0 Å². The lowest BCUT2D eigenvalue weighted by Gasteiger charge is -2.21. The Balaban J connectivity index is 1.59. The van der Waals surface area contributed by atoms with E-state index in [-0.39, 0.29) is 0 Å². The molecule has 0 saturated heterocycles. The van der Waals surface area contributed by atoms with Crippen LogP contribution in [-0.4, -0.2) is 13.7 Å². The largest absolute Gasteiger partial charge is 0.497 e. The number of nitrogens with one attached hydrogen (secondary N) is 1. The van der Waals surface area contributed by atoms with E-state index < -0.39 is 0 Å². The number of hydrogen-bond donors (Lipinski definition) is 1. The van der Waals surface area contributed by atoms with Crippen molar-refractivity contribution in [2.75, 3.05) is 13.7 Å². The van der Waals surface area contributed by atoms with Crippen molar-refractivity contribution in [3.63, 3.8) is 0 Å². The number of fused-ring (bicyclic) bond motifs is 1. The molecule has 0 atom stereocenters. The summed E-state index contributed by atoms with van der Waals surface area (Å²) in [5.41, 5.74) is 1.36. The zero-order chi connectivity index (χ0) is 14.5. The highest BCUT2D eigenvalue weighted by Gasteiger charge is 2.12. The molecule has 0 spiro atoms. The lowest BCUT2D eigenvalue weighted by atomic mass is 9.89. The Kier molecular flexibility index (Phi) is 4.76. The Hall–Kier alpha value is -1.54. The highest BCUT2D eigenvalue weighted by Crippen LogP contribution is 2.24. The molecule has 0 aliphatic heterocycles. The Morgan fingerprint density at radius 1 is 1.00 bits per heavy atom. The first kappa shape index (κ1) is 14.4. The van der Waals surface area contributed by atoms with Crippen LogP contribution in [0.15, 0.2) is 36.4 Å². The van der Waals surface area contributed by atoms with Gasteiger partial charge in [-0.05, 0) is 59.8 Å². The van der Waals surface area contributed by atoms with Gasteiger partial charge in [-0.25, -0.2) is 0 Å². The molecular formula is C19H25NO. The van der Waals surface area contributed by atoms with Crippen LogP contribution >= 0.6 is 0 Å². The monoisotopic (exact) mass is 283 g/mol. The van der Waals surface area contributed by atoms with Crippen molar-refractivity contribution in [1.82, 2.24) is 5.32 Å². The van der Waals surface area contributed by atoms with E-state index in [1.807, 2.05) is 6.07 Å². The smallest absolute Gasteiger partial charge is 0.119 e. The SMILES string of the molecule is COc1ccc2cc(CNCC3CCCCC3)ccc2c1. The second kappa shape index (κ2) is 6.95. The summed E-state index contributed by atoms with van der Waals surface area (Å²) >= 11 is 0. The first-order chi connectivity index (χ1) is 10.3. The molecule has 1 fully saturated rings. The molecule has 0 heterocycles. The van der Waals surface area contributed by atoms with Crippen molar-refractivity contribution in [1.29, 1.82) is 0 Å². The van der Waals surface area contributed by atoms with E-state index in [9.17, 15) is 0 Å². The zero-order valence-electron chi connectivity index (χ0n) is 12.9. The summed E-state index contributed by atoms with van der Waals surface area (Å²) < 4.78 is 5.27. The average molecular weight is 283 g/mol. The molecule has 21 heavy (non-hydrogen) atoms. The van der Waals surface area contributed by atoms with Gasteiger partial charge < -0.3 is 10.1 Å². The first-order valence-electron chi connectivity index (χ1n) is 8.12. The Morgan fingerprint density at radius 3 is 2.57 bits per heavy atom. The van der Waals surface area contributed by atoms with Crippen molar-refractivity contribution in [3.05, 3.63) is 42.0 Å². The number of hydrogen-bond acceptors (Lipinski definition) is 2. The maximum atomic E-state index is 5.27. The van der Waals surface area contributed by atoms with Gasteiger partial charge in [0, 0.05) is 6.54 Å². The minimum atomic E-state index is 0.892. The van der Waals surface area contributed by atoms with Crippen molar-refractivity contribution >= 4 is 10.8 Å². The van der Waals surface area contributed by atoms with Gasteiger partial charge in [0.2, 0.25) is 0 Å². The van der Waals surface area contributed by atoms with E-state index in [2.05, 4.69) is 35.6 Å². The third-order valence-corrected chi connectivity index (χ3v) is 4.60. The van der Waals surface area contributed by atoms with Crippen LogP contribution in [-0.2, 0) is 6.54 Å². The van der Waals surface area contributed by atoms with Crippen LogP contribution in [0.25, 0.3) is 10.8 Å². The van der Waals surface area contributed by atoms with E-state index in [1.54, 1.807) is 7.11 Å². The van der Waals surface area contributed by atoms with Crippen molar-refractivity contribution in [2.45, 2.75) is 38.6 Å². The van der Waals surface area contributed by atoms with E-state index in [1.165, 1.54) is 55.0 Å². The Bertz CT molecular complexity index is 587. The van der Waals surface area contributed by atoms with Crippen molar-refractivity contribution < 1.29 is 4.74 Å². The third-order valence-electron chi connectivity index (χ3n) is 4.60. The summed E-state index contributed by atoms with van der Waals surface area (Å²) in [6.07, 6.45) is 7.09. The predicted molar refractivity (Wildman–Crippen MR) is 88.8 cm³/mol. The van der Waals surface area contributed by atoms with Gasteiger partial charge in [0.25, 0.3) is 0 Å². The topological polar surface area (TPSA) is 21.3 Å². The summed E-state index contributed by atoms with van der Waals surface area (Å²) in [6, 6.07) is 12.9. The van der Waals surface area contributed by atoms with Crippen LogP contribution in [0.5, 0.6) is 5.75 Å². The molecule has 3 rings (SSSR count). The maximum absolute atomic E-state index is 5.27. The van der Waals surface area contributed by atoms with E-state index >= 15 is 0 Å². The fraction of sp³-hybridized carbons (Fsp3) is 0.474. The molecule has 2 aromatic rings. The van der Waals surface area contributed by atoms with Gasteiger partial charge in [-0.2, -0.15) is 0 Å². The summed E-state index contributed by atoms with van der Waals surface area (Å²) in [5.74, 6) is 1.81. The van der Waals surface area contributed by atoms with Crippen molar-refractivity contribution in [3.8, 4) is 5.75 Å². The molecule has 2 heteroatoms. The summed E-state index contributed by atoms with van der Waals surface area (Å²) in [7, 11) is 1.71. The fourth-order valence-electron chi connectivity index (χ4n) is 3.32. The van der Waals surface area contributed by atoms with E-state index in [0.29, 0.717) is 0 Å². The van der Waals surface area contributed by atoms with E-state index in [0.717, 1.165) is 18.2 Å². The maximum Gasteiger partial charge on any atom is 0.119 e. The molecule has 2 aromatic carbocycles. The Labute approximate surface area is 127 Å². The molecule has 1 aliphatic rings. The van der Waals surface area contributed by atoms with Crippen LogP contribution < -0.4 is 10.1 Å². The highest BCUT2D eigenvalue weighted by atomic mass is 16.5. The zero-order valence-corrected chi connectivity index (χ0v) is 12.9. The van der Waals surface area contributed by atoms with Crippen LogP contribution in [0.4, 0.5) is 0 Å². The van der Waals surface area contributed by atoms with Gasteiger partial charge >= 0.3 is 0 Å². The average Bonchev–Trinajstić information content (AvgIpc) is 2.55. The summed E-state index contributed by atoms with van der Waals surface area (Å²) in [4.78, 5) is 0. The molecule has 2 nitrogen and oxygen atoms in total. The van der Waals surface area contributed by atoms with Gasteiger partial charge in [-0.1, -0.05) is 37.5 Å². The molecule has 0 unspecified atom stereocenters. The molecule has 0 amide bonds. The van der Waals surface area contributed by atoms with Crippen molar-refractivity contribution in [2.24, 2.45) is 5.92 Å². The summed E-state index contributed by atoms with van der Waals surface area (Å²) in [5, 5.41) is 6.16. The Morgan fingerprint density at radius 2 is 1.76 bits per heavy atom. The molecule has 0 bridgehead atoms. The van der Waals surface area contributed by atoms with Crippen LogP contribution in [0.2, 0.25) is 0 Å². The summed E-state index contributed by atoms with van der Waals surface area (Å²) in [6.45, 7) is 2.14. The van der Waals surface area contributed by atoms with Gasteiger partial charge in [0.05, 0.1) is 7.11 Å². The molecule has 1 saturated carbocycles. The van der Waals surface area contributed by atoms with Gasteiger partial charge in [-0.15, -0.1) is 0 Å². The van der Waals surface area contributed by atoms with Gasteiger partial charge in [-0.3, -0.25) is 0 Å². The second-order valence-electron chi connectivity index (χ2n) is 6.18. The standard InChI is InChI=1S/C19H25NO/c1-21-19-10-9-17-11-16(7-8-18(17)12-19)14-20-13-15-5-3-2-4-6-15/h7-12,15,20H,2-6,13-14H2,1H3. The molecule has 112 valence electrons. The number of benzene rings is 2. The number of methoxy groups -OCH3 is 1. The quantitative estimate of drug-likeness (QED) is 0.871. The first-order valence-corrected chi connectivity index (χ1v) is 8.12. The molecule has 1 aliphatic carbocycles. The number of ether oxygens (including phenoxy) is 1. The highest BCUT2D eigenvalue weighted by molar-refractivity contribution is 5.84. The minimum Gasteiger partial charge on any atom is -0.497 e. The molecule has 0 aromatic heterocycles. The lowest BCUT2D eigenvalue weighted by molar-refractivity contribution is 0.342. The normalized spacial score (nSPS) is 16.2. The second-order valence-corrected chi connectivity index (χ2v) is 6.18. The van der Waals surface area contributed by atoms with Gasteiger partial charge in [0.1, 0.15) is 5.75 Å².